The molecule has 11 heteroatoms. The molecule has 0 bridgehead atoms. The lowest BCUT2D eigenvalue weighted by molar-refractivity contribution is -0.163. The lowest BCUT2D eigenvalue weighted by Crippen LogP contribution is -2.32. The molecule has 0 spiro atoms. The van der Waals surface area contributed by atoms with Crippen molar-refractivity contribution in [3.8, 4) is 0 Å². The van der Waals surface area contributed by atoms with Crippen LogP contribution in [-0.2, 0) is 17.1 Å². The summed E-state index contributed by atoms with van der Waals surface area (Å²) >= 11 is 0.491. The van der Waals surface area contributed by atoms with E-state index in [2.05, 4.69) is 0 Å². The SMILES string of the molecule is Nc1cccc(Sc2ccc(C(=O)C=CN3CCOCC3)c(C(F)(F)F)c2C(F)(F)F)c1. The highest BCUT2D eigenvalue weighted by Gasteiger charge is 2.47. The molecule has 3 rings (SSSR count). The number of ketones is 1. The molecule has 0 atom stereocenters. The fourth-order valence-corrected chi connectivity index (χ4v) is 4.20. The van der Waals surface area contributed by atoms with Gasteiger partial charge in [0.05, 0.1) is 24.3 Å². The van der Waals surface area contributed by atoms with Gasteiger partial charge >= 0.3 is 12.4 Å². The molecule has 0 saturated carbocycles. The Bertz CT molecular complexity index is 1010. The Morgan fingerprint density at radius 1 is 1.00 bits per heavy atom. The molecule has 0 unspecified atom stereocenters. The van der Waals surface area contributed by atoms with Gasteiger partial charge in [0.15, 0.2) is 5.78 Å². The predicted molar refractivity (Wildman–Crippen MR) is 107 cm³/mol. The van der Waals surface area contributed by atoms with E-state index in [0.717, 1.165) is 18.2 Å². The second kappa shape index (κ2) is 9.45. The number of morpholine rings is 1. The van der Waals surface area contributed by atoms with Crippen molar-refractivity contribution in [2.24, 2.45) is 0 Å². The number of allylic oxidation sites excluding steroid dienone is 1. The van der Waals surface area contributed by atoms with Gasteiger partial charge in [-0.3, -0.25) is 4.79 Å². The molecule has 0 radical (unpaired) electrons. The van der Waals surface area contributed by atoms with E-state index < -0.39 is 39.7 Å². The molecule has 32 heavy (non-hydrogen) atoms. The van der Waals surface area contributed by atoms with E-state index in [0.29, 0.717) is 38.1 Å². The fraction of sp³-hybridized carbons (Fsp3) is 0.286. The highest BCUT2D eigenvalue weighted by molar-refractivity contribution is 7.99. The Morgan fingerprint density at radius 3 is 2.25 bits per heavy atom. The van der Waals surface area contributed by atoms with E-state index in [4.69, 9.17) is 10.5 Å². The van der Waals surface area contributed by atoms with Crippen LogP contribution in [0, 0.1) is 0 Å². The maximum absolute atomic E-state index is 13.9. The number of anilines is 1. The number of nitrogens with zero attached hydrogens (tertiary/aromatic N) is 1. The van der Waals surface area contributed by atoms with Gasteiger partial charge in [0.2, 0.25) is 0 Å². The molecule has 1 aliphatic heterocycles. The minimum Gasteiger partial charge on any atom is -0.399 e. The summed E-state index contributed by atoms with van der Waals surface area (Å²) in [5, 5.41) is 0. The zero-order valence-electron chi connectivity index (χ0n) is 16.5. The van der Waals surface area contributed by atoms with Gasteiger partial charge in [-0.1, -0.05) is 17.8 Å². The number of nitrogens with two attached hydrogens (primary N) is 1. The maximum Gasteiger partial charge on any atom is 0.418 e. The predicted octanol–water partition coefficient (Wildman–Crippen LogP) is 5.49. The van der Waals surface area contributed by atoms with Gasteiger partial charge in [-0.05, 0) is 30.3 Å². The van der Waals surface area contributed by atoms with Crippen molar-refractivity contribution in [2.75, 3.05) is 32.0 Å². The van der Waals surface area contributed by atoms with Crippen LogP contribution in [0.25, 0.3) is 0 Å². The third-order valence-electron chi connectivity index (χ3n) is 4.57. The second-order valence-corrected chi connectivity index (χ2v) is 7.98. The lowest BCUT2D eigenvalue weighted by Gasteiger charge is -2.25. The molecular weight excluding hydrogens is 458 g/mol. The second-order valence-electron chi connectivity index (χ2n) is 6.86. The number of ether oxygens (including phenoxy) is 1. The summed E-state index contributed by atoms with van der Waals surface area (Å²) in [6, 6.07) is 7.41. The minimum absolute atomic E-state index is 0.231. The molecule has 1 aliphatic rings. The van der Waals surface area contributed by atoms with Gasteiger partial charge in [-0.15, -0.1) is 0 Å². The van der Waals surface area contributed by atoms with Crippen molar-refractivity contribution in [1.29, 1.82) is 0 Å². The number of rotatable bonds is 5. The number of benzene rings is 2. The third-order valence-corrected chi connectivity index (χ3v) is 5.62. The zero-order valence-corrected chi connectivity index (χ0v) is 17.3. The minimum atomic E-state index is -5.41. The summed E-state index contributed by atoms with van der Waals surface area (Å²) in [4.78, 5) is 13.7. The van der Waals surface area contributed by atoms with E-state index in [9.17, 15) is 31.1 Å². The van der Waals surface area contributed by atoms with Crippen molar-refractivity contribution < 1.29 is 35.9 Å². The van der Waals surface area contributed by atoms with Crippen molar-refractivity contribution in [2.45, 2.75) is 22.1 Å². The Hall–Kier alpha value is -2.66. The smallest absolute Gasteiger partial charge is 0.399 e. The average Bonchev–Trinajstić information content (AvgIpc) is 2.71. The van der Waals surface area contributed by atoms with Crippen molar-refractivity contribution in [3.05, 3.63) is 65.4 Å². The molecule has 0 aliphatic carbocycles. The number of carbonyl (C=O) groups is 1. The van der Waals surface area contributed by atoms with Crippen LogP contribution in [-0.4, -0.2) is 37.0 Å². The fourth-order valence-electron chi connectivity index (χ4n) is 3.14. The largest absolute Gasteiger partial charge is 0.418 e. The Labute approximate surface area is 184 Å². The third kappa shape index (κ3) is 5.77. The van der Waals surface area contributed by atoms with Gasteiger partial charge in [-0.25, -0.2) is 0 Å². The number of nitrogen functional groups attached to an aromatic ring is 1. The lowest BCUT2D eigenvalue weighted by atomic mass is 9.96. The van der Waals surface area contributed by atoms with Gasteiger partial charge in [0.25, 0.3) is 0 Å². The molecule has 1 fully saturated rings. The Kier molecular flexibility index (Phi) is 7.09. The van der Waals surface area contributed by atoms with Crippen LogP contribution in [0.3, 0.4) is 0 Å². The van der Waals surface area contributed by atoms with E-state index in [1.807, 2.05) is 0 Å². The molecule has 2 N–H and O–H groups in total. The van der Waals surface area contributed by atoms with Crippen LogP contribution in [0.4, 0.5) is 32.0 Å². The van der Waals surface area contributed by atoms with E-state index in [1.165, 1.54) is 30.5 Å². The monoisotopic (exact) mass is 476 g/mol. The summed E-state index contributed by atoms with van der Waals surface area (Å²) < 4.78 is 88.2. The van der Waals surface area contributed by atoms with Crippen LogP contribution in [0.5, 0.6) is 0 Å². The summed E-state index contributed by atoms with van der Waals surface area (Å²) in [6.45, 7) is 1.58. The number of hydrogen-bond acceptors (Lipinski definition) is 5. The number of halogens is 6. The highest BCUT2D eigenvalue weighted by atomic mass is 32.2. The van der Waals surface area contributed by atoms with Gasteiger partial charge in [0.1, 0.15) is 0 Å². The first kappa shape index (κ1) is 24.0. The molecule has 2 aromatic carbocycles. The van der Waals surface area contributed by atoms with Crippen molar-refractivity contribution in [3.63, 3.8) is 0 Å². The molecular formula is C21H18F6N2O2S. The normalized spacial score (nSPS) is 15.4. The van der Waals surface area contributed by atoms with E-state index >= 15 is 0 Å². The first-order valence-corrected chi connectivity index (χ1v) is 10.2. The van der Waals surface area contributed by atoms with Gasteiger partial charge in [0, 0.05) is 46.4 Å². The quantitative estimate of drug-likeness (QED) is 0.268. The Balaban J connectivity index is 2.08. The first-order valence-electron chi connectivity index (χ1n) is 9.36. The van der Waals surface area contributed by atoms with Crippen LogP contribution in [0.2, 0.25) is 0 Å². The number of alkyl halides is 6. The highest BCUT2D eigenvalue weighted by Crippen LogP contribution is 2.48. The molecule has 0 aromatic heterocycles. The summed E-state index contributed by atoms with van der Waals surface area (Å²) in [5.41, 5.74) is 0.896. The van der Waals surface area contributed by atoms with E-state index in [-0.39, 0.29) is 10.6 Å². The average molecular weight is 476 g/mol. The van der Waals surface area contributed by atoms with Crippen LogP contribution >= 0.6 is 11.8 Å². The van der Waals surface area contributed by atoms with Gasteiger partial charge < -0.3 is 15.4 Å². The maximum atomic E-state index is 13.9. The number of hydrogen-bond donors (Lipinski definition) is 1. The van der Waals surface area contributed by atoms with Crippen molar-refractivity contribution >= 4 is 23.2 Å². The molecule has 1 heterocycles. The molecule has 0 amide bonds. The molecule has 2 aromatic rings. The summed E-state index contributed by atoms with van der Waals surface area (Å²) in [7, 11) is 0. The van der Waals surface area contributed by atoms with Crippen LogP contribution in [0.15, 0.2) is 58.5 Å². The standard InChI is InChI=1S/C21H18F6N2O2S/c22-20(23,24)18-15(16(30)6-7-29-8-10-31-11-9-29)4-5-17(19(18)21(25,26)27)32-14-3-1-2-13(28)12-14/h1-7,12H,8-11,28H2. The van der Waals surface area contributed by atoms with E-state index in [1.54, 1.807) is 4.90 Å². The van der Waals surface area contributed by atoms with Crippen LogP contribution in [0.1, 0.15) is 21.5 Å². The molecule has 172 valence electrons. The topological polar surface area (TPSA) is 55.6 Å². The molecule has 1 saturated heterocycles. The summed E-state index contributed by atoms with van der Waals surface area (Å²) in [6.07, 6.45) is -8.64. The zero-order chi connectivity index (χ0) is 23.5. The van der Waals surface area contributed by atoms with Crippen LogP contribution < -0.4 is 5.73 Å². The Morgan fingerprint density at radius 2 is 1.66 bits per heavy atom. The summed E-state index contributed by atoms with van der Waals surface area (Å²) in [5.74, 6) is -1.17. The molecule has 4 nitrogen and oxygen atoms in total. The van der Waals surface area contributed by atoms with Crippen molar-refractivity contribution in [1.82, 2.24) is 4.90 Å². The van der Waals surface area contributed by atoms with Gasteiger partial charge in [-0.2, -0.15) is 26.3 Å². The first-order chi connectivity index (χ1) is 15.0. The number of carbonyl (C=O) groups excluding carboxylic acids is 1.